The maximum atomic E-state index is 12.0. The highest BCUT2D eigenvalue weighted by Crippen LogP contribution is 2.16. The molecule has 0 spiro atoms. The molecule has 0 aliphatic rings. The van der Waals surface area contributed by atoms with Crippen molar-refractivity contribution in [3.63, 3.8) is 0 Å². The van der Waals surface area contributed by atoms with E-state index in [1.54, 1.807) is 38.1 Å². The number of hydrogen-bond donors (Lipinski definition) is 0. The third-order valence-corrected chi connectivity index (χ3v) is 3.17. The fourth-order valence-corrected chi connectivity index (χ4v) is 2.10. The Balaban J connectivity index is 2.58. The molecule has 0 saturated heterocycles. The molecular formula is C15H14ClNO3. The summed E-state index contributed by atoms with van der Waals surface area (Å²) in [5, 5.41) is 0.584. The van der Waals surface area contributed by atoms with Crippen molar-refractivity contribution in [2.75, 3.05) is 6.61 Å². The van der Waals surface area contributed by atoms with Crippen LogP contribution in [-0.4, -0.2) is 17.1 Å². The number of esters is 1. The van der Waals surface area contributed by atoms with E-state index in [1.807, 2.05) is 0 Å². The molecule has 0 radical (unpaired) electrons. The van der Waals surface area contributed by atoms with Crippen LogP contribution in [0.3, 0.4) is 0 Å². The Morgan fingerprint density at radius 3 is 2.45 bits per heavy atom. The summed E-state index contributed by atoms with van der Waals surface area (Å²) in [6.07, 6.45) is 0. The Morgan fingerprint density at radius 1 is 1.20 bits per heavy atom. The minimum absolute atomic E-state index is 0.210. The first-order chi connectivity index (χ1) is 9.54. The Hall–Kier alpha value is -2.07. The van der Waals surface area contributed by atoms with Gasteiger partial charge in [-0.3, -0.25) is 9.36 Å². The number of benzene rings is 1. The van der Waals surface area contributed by atoms with Crippen LogP contribution in [0.15, 0.2) is 41.2 Å². The number of ether oxygens (including phenoxy) is 1. The van der Waals surface area contributed by atoms with E-state index in [-0.39, 0.29) is 5.56 Å². The second-order valence-corrected chi connectivity index (χ2v) is 4.64. The summed E-state index contributed by atoms with van der Waals surface area (Å²) in [7, 11) is 0. The van der Waals surface area contributed by atoms with Gasteiger partial charge in [0, 0.05) is 22.5 Å². The molecule has 5 heteroatoms. The summed E-state index contributed by atoms with van der Waals surface area (Å²) in [6, 6.07) is 9.69. The summed E-state index contributed by atoms with van der Waals surface area (Å²) >= 11 is 5.84. The molecule has 2 aromatic rings. The molecule has 0 atom stereocenters. The van der Waals surface area contributed by atoms with Gasteiger partial charge < -0.3 is 4.74 Å². The zero-order valence-corrected chi connectivity index (χ0v) is 12.0. The van der Waals surface area contributed by atoms with E-state index in [1.165, 1.54) is 16.7 Å². The molecule has 0 fully saturated rings. The lowest BCUT2D eigenvalue weighted by Gasteiger charge is -2.13. The van der Waals surface area contributed by atoms with E-state index in [2.05, 4.69) is 0 Å². The second kappa shape index (κ2) is 5.92. The first kappa shape index (κ1) is 14.3. The van der Waals surface area contributed by atoms with E-state index in [0.29, 0.717) is 28.6 Å². The van der Waals surface area contributed by atoms with E-state index in [9.17, 15) is 9.59 Å². The first-order valence-electron chi connectivity index (χ1n) is 6.20. The van der Waals surface area contributed by atoms with E-state index in [4.69, 9.17) is 16.3 Å². The van der Waals surface area contributed by atoms with Gasteiger partial charge in [-0.2, -0.15) is 0 Å². The number of aromatic nitrogens is 1. The highest BCUT2D eigenvalue weighted by Gasteiger charge is 2.14. The van der Waals surface area contributed by atoms with Crippen LogP contribution in [0.1, 0.15) is 23.0 Å². The van der Waals surface area contributed by atoms with Gasteiger partial charge in [0.25, 0.3) is 5.56 Å². The van der Waals surface area contributed by atoms with Crippen LogP contribution in [0.25, 0.3) is 5.69 Å². The Labute approximate surface area is 121 Å². The van der Waals surface area contributed by atoms with Crippen LogP contribution in [-0.2, 0) is 4.74 Å². The van der Waals surface area contributed by atoms with Crippen LogP contribution < -0.4 is 5.56 Å². The molecule has 1 aromatic heterocycles. The fourth-order valence-electron chi connectivity index (χ4n) is 1.97. The van der Waals surface area contributed by atoms with E-state index in [0.717, 1.165) is 0 Å². The van der Waals surface area contributed by atoms with Crippen LogP contribution >= 0.6 is 11.6 Å². The van der Waals surface area contributed by atoms with Crippen molar-refractivity contribution in [2.24, 2.45) is 0 Å². The fraction of sp³-hybridized carbons (Fsp3) is 0.200. The van der Waals surface area contributed by atoms with Gasteiger partial charge >= 0.3 is 5.97 Å². The van der Waals surface area contributed by atoms with Gasteiger partial charge in [0.15, 0.2) is 0 Å². The highest BCUT2D eigenvalue weighted by molar-refractivity contribution is 6.30. The third-order valence-electron chi connectivity index (χ3n) is 2.92. The summed E-state index contributed by atoms with van der Waals surface area (Å²) < 4.78 is 6.44. The smallest absolute Gasteiger partial charge is 0.339 e. The van der Waals surface area contributed by atoms with Crippen LogP contribution in [0, 0.1) is 6.92 Å². The molecule has 0 bridgehead atoms. The van der Waals surface area contributed by atoms with E-state index < -0.39 is 5.97 Å². The number of hydrogen-bond acceptors (Lipinski definition) is 3. The zero-order valence-electron chi connectivity index (χ0n) is 11.2. The number of nitrogens with zero attached hydrogens (tertiary/aromatic N) is 1. The van der Waals surface area contributed by atoms with Gasteiger partial charge in [0.2, 0.25) is 0 Å². The zero-order chi connectivity index (χ0) is 14.7. The molecule has 1 heterocycles. The maximum Gasteiger partial charge on any atom is 0.339 e. The van der Waals surface area contributed by atoms with Crippen molar-refractivity contribution < 1.29 is 9.53 Å². The van der Waals surface area contributed by atoms with Gasteiger partial charge in [0.05, 0.1) is 12.2 Å². The molecule has 0 aliphatic heterocycles. The average Bonchev–Trinajstić information content (AvgIpc) is 2.41. The molecule has 4 nitrogen and oxygen atoms in total. The number of pyridine rings is 1. The minimum Gasteiger partial charge on any atom is -0.462 e. The number of carbonyl (C=O) groups is 1. The Bertz CT molecular complexity index is 689. The quantitative estimate of drug-likeness (QED) is 0.817. The highest BCUT2D eigenvalue weighted by atomic mass is 35.5. The summed E-state index contributed by atoms with van der Waals surface area (Å²) in [5.41, 5.74) is 1.36. The third kappa shape index (κ3) is 2.75. The molecule has 2 rings (SSSR count). The van der Waals surface area contributed by atoms with Crippen LogP contribution in [0.5, 0.6) is 0 Å². The van der Waals surface area contributed by atoms with Gasteiger partial charge in [-0.15, -0.1) is 0 Å². The SMILES string of the molecule is CCOC(=O)c1ccc(=O)n(-c2ccc(Cl)cc2)c1C. The molecule has 20 heavy (non-hydrogen) atoms. The lowest BCUT2D eigenvalue weighted by molar-refractivity contribution is 0.0524. The first-order valence-corrected chi connectivity index (χ1v) is 6.58. The summed E-state index contributed by atoms with van der Waals surface area (Å²) in [4.78, 5) is 23.9. The predicted octanol–water partition coefficient (Wildman–Crippen LogP) is 2.98. The molecule has 0 aliphatic carbocycles. The number of rotatable bonds is 3. The lowest BCUT2D eigenvalue weighted by atomic mass is 10.2. The standard InChI is InChI=1S/C15H14ClNO3/c1-3-20-15(19)13-8-9-14(18)17(10(13)2)12-6-4-11(16)5-7-12/h4-9H,3H2,1-2H3. The topological polar surface area (TPSA) is 48.3 Å². The lowest BCUT2D eigenvalue weighted by Crippen LogP contribution is -2.23. The van der Waals surface area contributed by atoms with Gasteiger partial charge in [-0.1, -0.05) is 11.6 Å². The molecule has 0 saturated carbocycles. The Kier molecular flexibility index (Phi) is 4.25. The van der Waals surface area contributed by atoms with Crippen molar-refractivity contribution in [3.8, 4) is 5.69 Å². The summed E-state index contributed by atoms with van der Waals surface area (Å²) in [5.74, 6) is -0.437. The van der Waals surface area contributed by atoms with Crippen LogP contribution in [0.2, 0.25) is 5.02 Å². The van der Waals surface area contributed by atoms with Gasteiger partial charge in [-0.05, 0) is 44.2 Å². The Morgan fingerprint density at radius 2 is 1.85 bits per heavy atom. The number of carbonyl (C=O) groups excluding carboxylic acids is 1. The van der Waals surface area contributed by atoms with Crippen molar-refractivity contribution in [1.29, 1.82) is 0 Å². The molecule has 0 amide bonds. The number of halogens is 1. The maximum absolute atomic E-state index is 12.0. The molecule has 0 N–H and O–H groups in total. The summed E-state index contributed by atoms with van der Waals surface area (Å²) in [6.45, 7) is 3.74. The molecular weight excluding hydrogens is 278 g/mol. The van der Waals surface area contributed by atoms with Gasteiger partial charge in [-0.25, -0.2) is 4.79 Å². The monoisotopic (exact) mass is 291 g/mol. The average molecular weight is 292 g/mol. The molecule has 1 aromatic carbocycles. The molecule has 104 valence electrons. The normalized spacial score (nSPS) is 10.3. The largest absolute Gasteiger partial charge is 0.462 e. The van der Waals surface area contributed by atoms with E-state index >= 15 is 0 Å². The second-order valence-electron chi connectivity index (χ2n) is 4.20. The van der Waals surface area contributed by atoms with Crippen molar-refractivity contribution in [1.82, 2.24) is 4.57 Å². The molecule has 0 unspecified atom stereocenters. The van der Waals surface area contributed by atoms with Crippen molar-refractivity contribution >= 4 is 17.6 Å². The van der Waals surface area contributed by atoms with Crippen molar-refractivity contribution in [3.05, 3.63) is 63.0 Å². The predicted molar refractivity (Wildman–Crippen MR) is 77.7 cm³/mol. The van der Waals surface area contributed by atoms with Crippen LogP contribution in [0.4, 0.5) is 0 Å². The van der Waals surface area contributed by atoms with Gasteiger partial charge in [0.1, 0.15) is 0 Å². The minimum atomic E-state index is -0.437. The van der Waals surface area contributed by atoms with Crippen molar-refractivity contribution in [2.45, 2.75) is 13.8 Å².